The molecule has 0 saturated heterocycles. The van der Waals surface area contributed by atoms with Crippen molar-refractivity contribution in [3.63, 3.8) is 0 Å². The van der Waals surface area contributed by atoms with Crippen LogP contribution in [0.15, 0.2) is 6.07 Å². The van der Waals surface area contributed by atoms with E-state index in [0.29, 0.717) is 11.3 Å². The van der Waals surface area contributed by atoms with Gasteiger partial charge in [-0.05, 0) is 13.0 Å². The zero-order valence-corrected chi connectivity index (χ0v) is 6.05. The van der Waals surface area contributed by atoms with Crippen LogP contribution in [0.4, 0.5) is 0 Å². The van der Waals surface area contributed by atoms with Gasteiger partial charge in [0, 0.05) is 0 Å². The molecule has 1 aromatic rings. The van der Waals surface area contributed by atoms with Crippen molar-refractivity contribution in [2.24, 2.45) is 0 Å². The van der Waals surface area contributed by atoms with Crippen LogP contribution in [0.5, 0.6) is 0 Å². The van der Waals surface area contributed by atoms with Crippen LogP contribution >= 0.6 is 11.6 Å². The number of nitriles is 1. The van der Waals surface area contributed by atoms with E-state index in [9.17, 15) is 0 Å². The van der Waals surface area contributed by atoms with Gasteiger partial charge in [0.1, 0.15) is 6.07 Å². The van der Waals surface area contributed by atoms with Crippen LogP contribution in [-0.2, 0) is 0 Å². The average molecular weight is 154 g/mol. The molecule has 0 aliphatic rings. The summed E-state index contributed by atoms with van der Waals surface area (Å²) < 4.78 is 0. The molecule has 10 heavy (non-hydrogen) atoms. The fourth-order valence-corrected chi connectivity index (χ4v) is 0.687. The highest BCUT2D eigenvalue weighted by Crippen LogP contribution is 2.09. The summed E-state index contributed by atoms with van der Waals surface area (Å²) in [6.07, 6.45) is 0. The molecule has 0 aromatic carbocycles. The molecule has 3 nitrogen and oxygen atoms in total. The number of aromatic nitrogens is 2. The predicted molar refractivity (Wildman–Crippen MR) is 36.5 cm³/mol. The lowest BCUT2D eigenvalue weighted by molar-refractivity contribution is 0.975. The quantitative estimate of drug-likeness (QED) is 0.565. The number of halogens is 1. The minimum Gasteiger partial charge on any atom is -0.192 e. The first kappa shape index (κ1) is 6.97. The van der Waals surface area contributed by atoms with Gasteiger partial charge in [-0.3, -0.25) is 0 Å². The number of aryl methyl sites for hydroxylation is 1. The molecule has 0 saturated carbocycles. The van der Waals surface area contributed by atoms with E-state index in [1.165, 1.54) is 0 Å². The van der Waals surface area contributed by atoms with Gasteiger partial charge in [0.2, 0.25) is 0 Å². The molecule has 1 heterocycles. The van der Waals surface area contributed by atoms with Crippen molar-refractivity contribution in [2.45, 2.75) is 6.92 Å². The van der Waals surface area contributed by atoms with Crippen molar-refractivity contribution in [2.75, 3.05) is 0 Å². The molecule has 0 radical (unpaired) electrons. The van der Waals surface area contributed by atoms with E-state index in [4.69, 9.17) is 16.9 Å². The molecular formula is C6H4ClN3. The van der Waals surface area contributed by atoms with Crippen molar-refractivity contribution in [1.29, 1.82) is 5.26 Å². The highest BCUT2D eigenvalue weighted by molar-refractivity contribution is 6.30. The first-order valence-electron chi connectivity index (χ1n) is 2.64. The van der Waals surface area contributed by atoms with Gasteiger partial charge < -0.3 is 0 Å². The van der Waals surface area contributed by atoms with Crippen LogP contribution in [0.3, 0.4) is 0 Å². The van der Waals surface area contributed by atoms with Crippen molar-refractivity contribution >= 4 is 11.6 Å². The number of rotatable bonds is 0. The Kier molecular flexibility index (Phi) is 1.83. The molecule has 0 aliphatic carbocycles. The maximum absolute atomic E-state index is 8.44. The number of nitrogens with zero attached hydrogens (tertiary/aromatic N) is 3. The Morgan fingerprint density at radius 2 is 2.30 bits per heavy atom. The van der Waals surface area contributed by atoms with E-state index >= 15 is 0 Å². The highest BCUT2D eigenvalue weighted by Gasteiger charge is 1.99. The molecule has 0 aliphatic heterocycles. The lowest BCUT2D eigenvalue weighted by atomic mass is 10.3. The summed E-state index contributed by atoms with van der Waals surface area (Å²) in [5.41, 5.74) is 1.06. The predicted octanol–water partition coefficient (Wildman–Crippen LogP) is 1.31. The molecule has 0 spiro atoms. The minimum absolute atomic E-state index is 0.160. The van der Waals surface area contributed by atoms with Crippen LogP contribution in [0.1, 0.15) is 11.3 Å². The van der Waals surface area contributed by atoms with Crippen LogP contribution < -0.4 is 0 Å². The lowest BCUT2D eigenvalue weighted by Gasteiger charge is -1.91. The van der Waals surface area contributed by atoms with E-state index < -0.39 is 0 Å². The van der Waals surface area contributed by atoms with Crippen molar-refractivity contribution < 1.29 is 0 Å². The molecule has 0 amide bonds. The minimum atomic E-state index is 0.160. The normalized spacial score (nSPS) is 8.90. The lowest BCUT2D eigenvalue weighted by Crippen LogP contribution is -1.89. The molecule has 0 N–H and O–H groups in total. The summed E-state index contributed by atoms with van der Waals surface area (Å²) in [6, 6.07) is 3.49. The van der Waals surface area contributed by atoms with Crippen LogP contribution in [0.2, 0.25) is 5.15 Å². The van der Waals surface area contributed by atoms with E-state index in [-0.39, 0.29) is 5.15 Å². The first-order chi connectivity index (χ1) is 4.74. The number of hydrogen-bond donors (Lipinski definition) is 0. The van der Waals surface area contributed by atoms with Gasteiger partial charge in [0.15, 0.2) is 5.15 Å². The maximum Gasteiger partial charge on any atom is 0.169 e. The van der Waals surface area contributed by atoms with Crippen molar-refractivity contribution in [3.8, 4) is 6.07 Å². The fraction of sp³-hybridized carbons (Fsp3) is 0.167. The van der Waals surface area contributed by atoms with Gasteiger partial charge in [-0.15, -0.1) is 5.10 Å². The SMILES string of the molecule is Cc1cc(C#N)c(Cl)nn1. The van der Waals surface area contributed by atoms with Crippen molar-refractivity contribution in [3.05, 3.63) is 22.5 Å². The zero-order valence-electron chi connectivity index (χ0n) is 5.30. The van der Waals surface area contributed by atoms with Gasteiger partial charge in [-0.2, -0.15) is 10.4 Å². The molecule has 0 bridgehead atoms. The Bertz CT molecular complexity index is 290. The Balaban J connectivity index is 3.25. The molecule has 0 unspecified atom stereocenters. The third-order valence-corrected chi connectivity index (χ3v) is 1.27. The summed E-state index contributed by atoms with van der Waals surface area (Å²) in [7, 11) is 0. The third kappa shape index (κ3) is 1.23. The Hall–Kier alpha value is -1.14. The molecule has 50 valence electrons. The molecular weight excluding hydrogens is 150 g/mol. The smallest absolute Gasteiger partial charge is 0.169 e. The summed E-state index contributed by atoms with van der Waals surface area (Å²) in [4.78, 5) is 0. The highest BCUT2D eigenvalue weighted by atomic mass is 35.5. The standard InChI is InChI=1S/C6H4ClN3/c1-4-2-5(3-8)6(7)10-9-4/h2H,1H3. The van der Waals surface area contributed by atoms with Crippen LogP contribution in [-0.4, -0.2) is 10.2 Å². The van der Waals surface area contributed by atoms with Gasteiger partial charge in [-0.1, -0.05) is 11.6 Å². The largest absolute Gasteiger partial charge is 0.192 e. The third-order valence-electron chi connectivity index (χ3n) is 0.991. The first-order valence-corrected chi connectivity index (χ1v) is 3.02. The molecule has 0 fully saturated rings. The van der Waals surface area contributed by atoms with Gasteiger partial charge in [0.25, 0.3) is 0 Å². The van der Waals surface area contributed by atoms with Crippen LogP contribution in [0, 0.1) is 18.3 Å². The Morgan fingerprint density at radius 1 is 1.60 bits per heavy atom. The second kappa shape index (κ2) is 2.63. The van der Waals surface area contributed by atoms with Crippen LogP contribution in [0.25, 0.3) is 0 Å². The second-order valence-corrected chi connectivity index (χ2v) is 2.16. The van der Waals surface area contributed by atoms with E-state index in [1.807, 2.05) is 6.07 Å². The van der Waals surface area contributed by atoms with E-state index in [2.05, 4.69) is 10.2 Å². The van der Waals surface area contributed by atoms with Gasteiger partial charge >= 0.3 is 0 Å². The molecule has 1 aromatic heterocycles. The number of hydrogen-bond acceptors (Lipinski definition) is 3. The summed E-state index contributed by atoms with van der Waals surface area (Å²) in [5.74, 6) is 0. The average Bonchev–Trinajstić information content (AvgIpc) is 1.94. The Labute approximate surface area is 63.3 Å². The Morgan fingerprint density at radius 3 is 2.80 bits per heavy atom. The maximum atomic E-state index is 8.44. The van der Waals surface area contributed by atoms with E-state index in [0.717, 1.165) is 0 Å². The van der Waals surface area contributed by atoms with Crippen molar-refractivity contribution in [1.82, 2.24) is 10.2 Å². The fourth-order valence-electron chi connectivity index (χ4n) is 0.552. The zero-order chi connectivity index (χ0) is 7.56. The second-order valence-electron chi connectivity index (χ2n) is 1.80. The monoisotopic (exact) mass is 153 g/mol. The summed E-state index contributed by atoms with van der Waals surface area (Å²) in [6.45, 7) is 1.75. The summed E-state index contributed by atoms with van der Waals surface area (Å²) in [5, 5.41) is 15.8. The topological polar surface area (TPSA) is 49.6 Å². The molecule has 1 rings (SSSR count). The van der Waals surface area contributed by atoms with Gasteiger partial charge in [0.05, 0.1) is 11.3 Å². The van der Waals surface area contributed by atoms with Gasteiger partial charge in [-0.25, -0.2) is 0 Å². The molecule has 0 atom stereocenters. The van der Waals surface area contributed by atoms with E-state index in [1.54, 1.807) is 13.0 Å². The molecule has 4 heteroatoms. The summed E-state index contributed by atoms with van der Waals surface area (Å²) >= 11 is 5.50.